The fourth-order valence-corrected chi connectivity index (χ4v) is 1.92. The summed E-state index contributed by atoms with van der Waals surface area (Å²) in [6.07, 6.45) is -0.295. The molecule has 2 unspecified atom stereocenters. The van der Waals surface area contributed by atoms with Gasteiger partial charge in [-0.3, -0.25) is 0 Å². The third-order valence-corrected chi connectivity index (χ3v) is 3.27. The highest BCUT2D eigenvalue weighted by atomic mass is 16.5. The van der Waals surface area contributed by atoms with Crippen LogP contribution in [-0.4, -0.2) is 46.0 Å². The Labute approximate surface area is 139 Å². The van der Waals surface area contributed by atoms with Gasteiger partial charge in [-0.15, -0.1) is 0 Å². The van der Waals surface area contributed by atoms with E-state index in [-0.39, 0.29) is 13.2 Å². The molecule has 0 spiro atoms. The second-order valence-corrected chi connectivity index (χ2v) is 5.04. The van der Waals surface area contributed by atoms with Gasteiger partial charge in [0.25, 0.3) is 0 Å². The molecule has 4 N–H and O–H groups in total. The number of ether oxygens (including phenoxy) is 1. The number of nitrogens with zero attached hydrogens (tertiary/aromatic N) is 2. The van der Waals surface area contributed by atoms with Crippen molar-refractivity contribution in [3.05, 3.63) is 53.9 Å². The molecule has 2 aromatic rings. The van der Waals surface area contributed by atoms with Gasteiger partial charge in [-0.1, -0.05) is 30.3 Å². The number of benzene rings is 1. The van der Waals surface area contributed by atoms with E-state index >= 15 is 0 Å². The lowest BCUT2D eigenvalue weighted by Crippen LogP contribution is -2.35. The van der Waals surface area contributed by atoms with E-state index in [2.05, 4.69) is 20.6 Å². The maximum atomic E-state index is 11.6. The van der Waals surface area contributed by atoms with Crippen LogP contribution >= 0.6 is 0 Å². The first-order valence-electron chi connectivity index (χ1n) is 7.40. The van der Waals surface area contributed by atoms with Crippen molar-refractivity contribution >= 4 is 12.0 Å². The number of hydrogen-bond acceptors (Lipinski definition) is 7. The van der Waals surface area contributed by atoms with E-state index in [0.717, 1.165) is 5.56 Å². The molecule has 8 heteroatoms. The predicted octanol–water partition coefficient (Wildman–Crippen LogP) is 0.839. The second kappa shape index (κ2) is 8.80. The summed E-state index contributed by atoms with van der Waals surface area (Å²) in [5.74, 6) is 0.406. The monoisotopic (exact) mass is 332 g/mol. The number of aromatic nitrogens is 2. The second-order valence-electron chi connectivity index (χ2n) is 5.04. The van der Waals surface area contributed by atoms with E-state index in [1.165, 1.54) is 12.4 Å². The van der Waals surface area contributed by atoms with Crippen LogP contribution < -0.4 is 10.6 Å². The Hall–Kier alpha value is -2.71. The molecule has 128 valence electrons. The number of aliphatic hydroxyl groups excluding tert-OH is 2. The van der Waals surface area contributed by atoms with Crippen LogP contribution in [-0.2, 0) is 11.3 Å². The number of rotatable bonds is 7. The van der Waals surface area contributed by atoms with Gasteiger partial charge in [-0.05, 0) is 5.56 Å². The van der Waals surface area contributed by atoms with Crippen molar-refractivity contribution < 1.29 is 19.7 Å². The minimum atomic E-state index is -1.22. The fraction of sp³-hybridized carbons (Fsp3) is 0.312. The summed E-state index contributed by atoms with van der Waals surface area (Å²) in [6, 6.07) is 9.23. The van der Waals surface area contributed by atoms with Gasteiger partial charge in [-0.2, -0.15) is 0 Å². The molecule has 0 saturated heterocycles. The number of nitrogens with one attached hydrogen (secondary N) is 2. The highest BCUT2D eigenvalue weighted by Crippen LogP contribution is 2.15. The Morgan fingerprint density at radius 2 is 1.88 bits per heavy atom. The predicted molar refractivity (Wildman–Crippen MR) is 87.2 cm³/mol. The Balaban J connectivity index is 1.76. The molecule has 0 aliphatic heterocycles. The number of amides is 1. The quantitative estimate of drug-likeness (QED) is 0.593. The van der Waals surface area contributed by atoms with Crippen LogP contribution in [0, 0.1) is 0 Å². The van der Waals surface area contributed by atoms with Gasteiger partial charge in [0.1, 0.15) is 18.8 Å². The normalized spacial score (nSPS) is 13.0. The number of hydrogen-bond donors (Lipinski definition) is 4. The number of alkyl carbamates (subject to hydrolysis) is 1. The lowest BCUT2D eigenvalue weighted by Gasteiger charge is -2.18. The fourth-order valence-electron chi connectivity index (χ4n) is 1.92. The van der Waals surface area contributed by atoms with Crippen molar-refractivity contribution in [3.8, 4) is 0 Å². The molecule has 0 bridgehead atoms. The van der Waals surface area contributed by atoms with Gasteiger partial charge >= 0.3 is 6.09 Å². The molecule has 1 amide bonds. The van der Waals surface area contributed by atoms with Gasteiger partial charge in [0.15, 0.2) is 0 Å². The first-order chi connectivity index (χ1) is 11.6. The Morgan fingerprint density at radius 3 is 2.50 bits per heavy atom. The van der Waals surface area contributed by atoms with E-state index in [9.17, 15) is 15.0 Å². The van der Waals surface area contributed by atoms with Gasteiger partial charge in [0.05, 0.1) is 0 Å². The smallest absolute Gasteiger partial charge is 0.407 e. The van der Waals surface area contributed by atoms with Gasteiger partial charge in [-0.25, -0.2) is 14.8 Å². The lowest BCUT2D eigenvalue weighted by atomic mass is 10.1. The zero-order chi connectivity index (χ0) is 17.4. The maximum absolute atomic E-state index is 11.6. The summed E-state index contributed by atoms with van der Waals surface area (Å²) < 4.78 is 5.02. The van der Waals surface area contributed by atoms with E-state index in [0.29, 0.717) is 11.5 Å². The first-order valence-corrected chi connectivity index (χ1v) is 7.40. The van der Waals surface area contributed by atoms with Crippen LogP contribution in [0.3, 0.4) is 0 Å². The molecule has 8 nitrogen and oxygen atoms in total. The highest BCUT2D eigenvalue weighted by Gasteiger charge is 2.20. The van der Waals surface area contributed by atoms with Crippen LogP contribution in [0.5, 0.6) is 0 Å². The third-order valence-electron chi connectivity index (χ3n) is 3.27. The number of anilines is 1. The largest absolute Gasteiger partial charge is 0.445 e. The number of carbonyl (C=O) groups is 1. The highest BCUT2D eigenvalue weighted by molar-refractivity contribution is 5.67. The first kappa shape index (κ1) is 17.6. The lowest BCUT2D eigenvalue weighted by molar-refractivity contribution is 0.0180. The summed E-state index contributed by atoms with van der Waals surface area (Å²) in [6.45, 7) is -0.0345. The minimum absolute atomic E-state index is 0.130. The van der Waals surface area contributed by atoms with E-state index in [4.69, 9.17) is 4.74 Å². The number of carbonyl (C=O) groups excluding carboxylic acids is 1. The van der Waals surface area contributed by atoms with Crippen LogP contribution in [0.2, 0.25) is 0 Å². The van der Waals surface area contributed by atoms with Crippen LogP contribution in [0.15, 0.2) is 42.7 Å². The third kappa shape index (κ3) is 5.18. The topological polar surface area (TPSA) is 117 Å². The standard InChI is InChI=1S/C16H20N4O4/c1-17-15-18-7-12(8-19-15)14(22)13(21)9-20-16(23)24-10-11-5-3-2-4-6-11/h2-8,13-14,21-22H,9-10H2,1H3,(H,20,23)(H,17,18,19). The SMILES string of the molecule is CNc1ncc(C(O)C(O)CNC(=O)OCc2ccccc2)cn1. The van der Waals surface area contributed by atoms with Gasteiger partial charge in [0.2, 0.25) is 5.95 Å². The van der Waals surface area contributed by atoms with Gasteiger partial charge in [0, 0.05) is 31.5 Å². The van der Waals surface area contributed by atoms with Crippen LogP contribution in [0.1, 0.15) is 17.2 Å². The van der Waals surface area contributed by atoms with Crippen molar-refractivity contribution in [2.75, 3.05) is 18.9 Å². The Morgan fingerprint density at radius 1 is 1.21 bits per heavy atom. The minimum Gasteiger partial charge on any atom is -0.445 e. The summed E-state index contributed by atoms with van der Waals surface area (Å²) in [5, 5.41) is 25.1. The zero-order valence-electron chi connectivity index (χ0n) is 13.2. The summed E-state index contributed by atoms with van der Waals surface area (Å²) in [7, 11) is 1.67. The molecular weight excluding hydrogens is 312 g/mol. The summed E-state index contributed by atoms with van der Waals surface area (Å²) >= 11 is 0. The molecule has 24 heavy (non-hydrogen) atoms. The van der Waals surface area contributed by atoms with Crippen molar-refractivity contribution in [2.24, 2.45) is 0 Å². The average molecular weight is 332 g/mol. The summed E-state index contributed by atoms with van der Waals surface area (Å²) in [4.78, 5) is 19.5. The molecule has 0 aliphatic carbocycles. The van der Waals surface area contributed by atoms with Crippen molar-refractivity contribution in [1.29, 1.82) is 0 Å². The molecule has 0 radical (unpaired) electrons. The summed E-state index contributed by atoms with van der Waals surface area (Å²) in [5.41, 5.74) is 1.20. The molecule has 1 aromatic heterocycles. The molecule has 0 saturated carbocycles. The van der Waals surface area contributed by atoms with Crippen molar-refractivity contribution in [2.45, 2.75) is 18.8 Å². The molecule has 2 rings (SSSR count). The van der Waals surface area contributed by atoms with Gasteiger partial charge < -0.3 is 25.6 Å². The Bertz CT molecular complexity index is 636. The molecular formula is C16H20N4O4. The average Bonchev–Trinajstić information content (AvgIpc) is 2.64. The van der Waals surface area contributed by atoms with E-state index < -0.39 is 18.3 Å². The van der Waals surface area contributed by atoms with Crippen molar-refractivity contribution in [3.63, 3.8) is 0 Å². The molecule has 0 aliphatic rings. The van der Waals surface area contributed by atoms with E-state index in [1.54, 1.807) is 7.05 Å². The molecule has 1 heterocycles. The van der Waals surface area contributed by atoms with Crippen LogP contribution in [0.4, 0.5) is 10.7 Å². The number of aliphatic hydroxyl groups is 2. The van der Waals surface area contributed by atoms with Crippen molar-refractivity contribution in [1.82, 2.24) is 15.3 Å². The van der Waals surface area contributed by atoms with Crippen LogP contribution in [0.25, 0.3) is 0 Å². The molecule has 0 fully saturated rings. The molecule has 2 atom stereocenters. The van der Waals surface area contributed by atoms with E-state index in [1.807, 2.05) is 30.3 Å². The Kier molecular flexibility index (Phi) is 6.47. The molecule has 1 aromatic carbocycles. The zero-order valence-corrected chi connectivity index (χ0v) is 13.2. The maximum Gasteiger partial charge on any atom is 0.407 e.